The molecule has 1 amide bonds. The summed E-state index contributed by atoms with van der Waals surface area (Å²) in [7, 11) is 0. The Hall–Kier alpha value is -2.08. The number of benzene rings is 1. The van der Waals surface area contributed by atoms with Crippen LogP contribution in [0, 0.1) is 5.92 Å². The molecule has 3 rings (SSSR count). The summed E-state index contributed by atoms with van der Waals surface area (Å²) < 4.78 is 0. The molecule has 1 aliphatic rings. The molecular weight excluding hydrogens is 256 g/mol. The highest BCUT2D eigenvalue weighted by molar-refractivity contribution is 5.96. The van der Waals surface area contributed by atoms with Crippen molar-refractivity contribution in [3.63, 3.8) is 0 Å². The van der Waals surface area contributed by atoms with Crippen LogP contribution < -0.4 is 16.3 Å². The van der Waals surface area contributed by atoms with Crippen molar-refractivity contribution in [2.45, 2.75) is 25.8 Å². The molecule has 2 heterocycles. The fourth-order valence-electron chi connectivity index (χ4n) is 2.73. The average molecular weight is 274 g/mol. The molecule has 2 unspecified atom stereocenters. The van der Waals surface area contributed by atoms with Gasteiger partial charge in [-0.2, -0.15) is 0 Å². The van der Waals surface area contributed by atoms with E-state index in [0.717, 1.165) is 24.9 Å². The van der Waals surface area contributed by atoms with E-state index in [-0.39, 0.29) is 17.6 Å². The molecule has 0 radical (unpaired) electrons. The third-order valence-electron chi connectivity index (χ3n) is 3.84. The summed E-state index contributed by atoms with van der Waals surface area (Å²) in [6.45, 7) is 2.97. The highest BCUT2D eigenvalue weighted by atomic mass is 16.2. The van der Waals surface area contributed by atoms with Crippen LogP contribution in [0.15, 0.2) is 23.0 Å². The maximum absolute atomic E-state index is 12.3. The number of amides is 1. The van der Waals surface area contributed by atoms with Crippen molar-refractivity contribution < 1.29 is 4.79 Å². The number of carbonyl (C=O) groups excluding carboxylic acids is 1. The molecule has 1 aromatic carbocycles. The molecule has 106 valence electrons. The van der Waals surface area contributed by atoms with Crippen LogP contribution in [0.2, 0.25) is 0 Å². The van der Waals surface area contributed by atoms with Gasteiger partial charge in [0.15, 0.2) is 0 Å². The first kappa shape index (κ1) is 12.9. The van der Waals surface area contributed by atoms with Gasteiger partial charge in [0.05, 0.1) is 17.1 Å². The molecule has 1 fully saturated rings. The van der Waals surface area contributed by atoms with E-state index in [2.05, 4.69) is 27.5 Å². The second-order valence-electron chi connectivity index (χ2n) is 5.38. The summed E-state index contributed by atoms with van der Waals surface area (Å²) in [5, 5.41) is 6.16. The summed E-state index contributed by atoms with van der Waals surface area (Å²) in [4.78, 5) is 28.8. The highest BCUT2D eigenvalue weighted by Crippen LogP contribution is 2.19. The molecule has 0 aliphatic carbocycles. The zero-order valence-corrected chi connectivity index (χ0v) is 11.3. The summed E-state index contributed by atoms with van der Waals surface area (Å²) in [6, 6.07) is 5.18. The van der Waals surface area contributed by atoms with Crippen molar-refractivity contribution in [2.24, 2.45) is 5.92 Å². The molecule has 6 nitrogen and oxygen atoms in total. The molecule has 4 N–H and O–H groups in total. The Morgan fingerprint density at radius 1 is 1.30 bits per heavy atom. The second-order valence-corrected chi connectivity index (χ2v) is 5.38. The summed E-state index contributed by atoms with van der Waals surface area (Å²) in [5.74, 6) is 0.314. The van der Waals surface area contributed by atoms with Gasteiger partial charge in [-0.25, -0.2) is 4.79 Å². The number of rotatable bonds is 2. The van der Waals surface area contributed by atoms with Crippen LogP contribution in [0.5, 0.6) is 0 Å². The predicted octanol–water partition coefficient (Wildman–Crippen LogP) is 1.18. The maximum atomic E-state index is 12.3. The number of anilines is 1. The Bertz CT molecular complexity index is 688. The maximum Gasteiger partial charge on any atom is 0.323 e. The van der Waals surface area contributed by atoms with Crippen LogP contribution in [0.1, 0.15) is 19.8 Å². The number of fused-ring (bicyclic) bond motifs is 1. The lowest BCUT2D eigenvalue weighted by Gasteiger charge is -2.28. The van der Waals surface area contributed by atoms with Crippen molar-refractivity contribution in [3.05, 3.63) is 28.7 Å². The van der Waals surface area contributed by atoms with Gasteiger partial charge in [-0.3, -0.25) is 4.79 Å². The Kier molecular flexibility index (Phi) is 3.31. The van der Waals surface area contributed by atoms with Crippen molar-refractivity contribution >= 4 is 22.6 Å². The van der Waals surface area contributed by atoms with Crippen LogP contribution >= 0.6 is 0 Å². The Morgan fingerprint density at radius 2 is 2.10 bits per heavy atom. The van der Waals surface area contributed by atoms with Crippen molar-refractivity contribution in [3.8, 4) is 0 Å². The minimum atomic E-state index is -0.244. The van der Waals surface area contributed by atoms with E-state index in [4.69, 9.17) is 0 Å². The van der Waals surface area contributed by atoms with Crippen LogP contribution in [0.3, 0.4) is 0 Å². The van der Waals surface area contributed by atoms with Crippen LogP contribution in [-0.2, 0) is 4.79 Å². The molecule has 0 spiro atoms. The summed E-state index contributed by atoms with van der Waals surface area (Å²) >= 11 is 0. The van der Waals surface area contributed by atoms with Gasteiger partial charge in [0.2, 0.25) is 5.91 Å². The molecule has 2 atom stereocenters. The lowest BCUT2D eigenvalue weighted by molar-refractivity contribution is -0.119. The van der Waals surface area contributed by atoms with E-state index in [0.29, 0.717) is 17.1 Å². The number of aromatic nitrogens is 2. The largest absolute Gasteiger partial charge is 0.325 e. The standard InChI is InChI=1S/C14H18N4O2/c1-8-3-2-6-15-12(8)13(19)16-9-4-5-10-11(7-9)18-14(20)17-10/h4-5,7-8,12,15H,2-3,6H2,1H3,(H,16,19)(H2,17,18,20). The number of aromatic amines is 2. The lowest BCUT2D eigenvalue weighted by Crippen LogP contribution is -2.48. The number of hydrogen-bond donors (Lipinski definition) is 4. The van der Waals surface area contributed by atoms with Gasteiger partial charge in [0.25, 0.3) is 0 Å². The minimum Gasteiger partial charge on any atom is -0.325 e. The van der Waals surface area contributed by atoms with E-state index in [1.807, 2.05) is 0 Å². The molecule has 1 aromatic heterocycles. The monoisotopic (exact) mass is 274 g/mol. The lowest BCUT2D eigenvalue weighted by atomic mass is 9.92. The van der Waals surface area contributed by atoms with E-state index >= 15 is 0 Å². The van der Waals surface area contributed by atoms with E-state index in [1.54, 1.807) is 18.2 Å². The molecule has 20 heavy (non-hydrogen) atoms. The van der Waals surface area contributed by atoms with Crippen molar-refractivity contribution in [1.29, 1.82) is 0 Å². The Morgan fingerprint density at radius 3 is 2.90 bits per heavy atom. The number of H-pyrrole nitrogens is 2. The third kappa shape index (κ3) is 2.46. The van der Waals surface area contributed by atoms with Gasteiger partial charge >= 0.3 is 5.69 Å². The zero-order valence-electron chi connectivity index (χ0n) is 11.3. The van der Waals surface area contributed by atoms with Crippen molar-refractivity contribution in [2.75, 3.05) is 11.9 Å². The molecule has 1 saturated heterocycles. The Labute approximate surface area is 116 Å². The van der Waals surface area contributed by atoms with Gasteiger partial charge in [0.1, 0.15) is 0 Å². The number of imidazole rings is 1. The fraction of sp³-hybridized carbons (Fsp3) is 0.429. The topological polar surface area (TPSA) is 89.8 Å². The summed E-state index contributed by atoms with van der Waals surface area (Å²) in [6.07, 6.45) is 2.18. The minimum absolute atomic E-state index is 0.0190. The smallest absolute Gasteiger partial charge is 0.323 e. The third-order valence-corrected chi connectivity index (χ3v) is 3.84. The van der Waals surface area contributed by atoms with Crippen molar-refractivity contribution in [1.82, 2.24) is 15.3 Å². The molecule has 6 heteroatoms. The highest BCUT2D eigenvalue weighted by Gasteiger charge is 2.27. The van der Waals surface area contributed by atoms with Gasteiger partial charge in [-0.05, 0) is 43.5 Å². The average Bonchev–Trinajstić information content (AvgIpc) is 2.78. The number of nitrogens with one attached hydrogen (secondary N) is 4. The first-order chi connectivity index (χ1) is 9.63. The molecular formula is C14H18N4O2. The van der Waals surface area contributed by atoms with Crippen LogP contribution in [0.25, 0.3) is 11.0 Å². The van der Waals surface area contributed by atoms with Gasteiger partial charge < -0.3 is 20.6 Å². The summed E-state index contributed by atoms with van der Waals surface area (Å²) in [5.41, 5.74) is 1.87. The van der Waals surface area contributed by atoms with Gasteiger partial charge in [-0.1, -0.05) is 6.92 Å². The molecule has 1 aliphatic heterocycles. The normalized spacial score (nSPS) is 22.9. The first-order valence-electron chi connectivity index (χ1n) is 6.90. The fourth-order valence-corrected chi connectivity index (χ4v) is 2.73. The quantitative estimate of drug-likeness (QED) is 0.663. The van der Waals surface area contributed by atoms with E-state index in [9.17, 15) is 9.59 Å². The number of carbonyl (C=O) groups is 1. The molecule has 0 bridgehead atoms. The number of piperidine rings is 1. The SMILES string of the molecule is CC1CCCNC1C(=O)Nc1ccc2[nH]c(=O)[nH]c2c1. The number of hydrogen-bond acceptors (Lipinski definition) is 3. The van der Waals surface area contributed by atoms with Gasteiger partial charge in [-0.15, -0.1) is 0 Å². The molecule has 0 saturated carbocycles. The van der Waals surface area contributed by atoms with Gasteiger partial charge in [0, 0.05) is 5.69 Å². The van der Waals surface area contributed by atoms with Crippen LogP contribution in [-0.4, -0.2) is 28.5 Å². The zero-order chi connectivity index (χ0) is 14.1. The second kappa shape index (κ2) is 5.13. The molecule has 2 aromatic rings. The van der Waals surface area contributed by atoms with Crippen LogP contribution in [0.4, 0.5) is 5.69 Å². The Balaban J connectivity index is 1.78. The predicted molar refractivity (Wildman–Crippen MR) is 77.7 cm³/mol. The van der Waals surface area contributed by atoms with E-state index < -0.39 is 0 Å². The first-order valence-corrected chi connectivity index (χ1v) is 6.90. The van der Waals surface area contributed by atoms with E-state index in [1.165, 1.54) is 0 Å².